The summed E-state index contributed by atoms with van der Waals surface area (Å²) in [7, 11) is 4.10. The molecule has 22 heavy (non-hydrogen) atoms. The number of hydrogen-bond donors (Lipinski definition) is 2. The second-order valence-corrected chi connectivity index (χ2v) is 5.33. The highest BCUT2D eigenvalue weighted by Gasteiger charge is 2.00. The van der Waals surface area contributed by atoms with Crippen molar-refractivity contribution in [3.63, 3.8) is 0 Å². The van der Waals surface area contributed by atoms with Gasteiger partial charge in [0.1, 0.15) is 11.6 Å². The second-order valence-electron chi connectivity index (χ2n) is 5.33. The average Bonchev–Trinajstić information content (AvgIpc) is 2.51. The molecule has 118 valence electrons. The molecule has 1 aromatic heterocycles. The van der Waals surface area contributed by atoms with Crippen LogP contribution in [0.25, 0.3) is 0 Å². The molecule has 0 amide bonds. The summed E-state index contributed by atoms with van der Waals surface area (Å²) in [5.74, 6) is 1.13. The highest BCUT2D eigenvalue weighted by molar-refractivity contribution is 5.40. The molecule has 2 N–H and O–H groups in total. The Bertz CT molecular complexity index is 571. The van der Waals surface area contributed by atoms with Crippen molar-refractivity contribution in [2.24, 2.45) is 0 Å². The van der Waals surface area contributed by atoms with Gasteiger partial charge in [0.2, 0.25) is 5.95 Å². The van der Waals surface area contributed by atoms with E-state index in [9.17, 15) is 4.39 Å². The lowest BCUT2D eigenvalue weighted by Crippen LogP contribution is -2.17. The Labute approximate surface area is 130 Å². The number of nitrogens with one attached hydrogen (secondary N) is 2. The van der Waals surface area contributed by atoms with Gasteiger partial charge in [0.25, 0.3) is 0 Å². The minimum absolute atomic E-state index is 0.227. The van der Waals surface area contributed by atoms with Crippen molar-refractivity contribution in [1.29, 1.82) is 0 Å². The van der Waals surface area contributed by atoms with Gasteiger partial charge in [-0.25, -0.2) is 9.37 Å². The van der Waals surface area contributed by atoms with Crippen LogP contribution in [0.1, 0.15) is 12.0 Å². The highest BCUT2D eigenvalue weighted by Crippen LogP contribution is 2.09. The van der Waals surface area contributed by atoms with Crippen LogP contribution in [0.5, 0.6) is 0 Å². The first-order chi connectivity index (χ1) is 10.6. The van der Waals surface area contributed by atoms with Crippen molar-refractivity contribution in [2.45, 2.75) is 13.0 Å². The van der Waals surface area contributed by atoms with E-state index in [-0.39, 0.29) is 5.82 Å². The average molecular weight is 303 g/mol. The van der Waals surface area contributed by atoms with Crippen molar-refractivity contribution < 1.29 is 4.39 Å². The van der Waals surface area contributed by atoms with Crippen LogP contribution in [0.2, 0.25) is 0 Å². The number of hydrogen-bond acceptors (Lipinski definition) is 5. The molecule has 0 spiro atoms. The van der Waals surface area contributed by atoms with Gasteiger partial charge in [0.15, 0.2) is 0 Å². The van der Waals surface area contributed by atoms with Crippen molar-refractivity contribution >= 4 is 11.8 Å². The Morgan fingerprint density at radius 1 is 1.09 bits per heavy atom. The summed E-state index contributed by atoms with van der Waals surface area (Å²) in [5, 5.41) is 6.42. The van der Waals surface area contributed by atoms with Gasteiger partial charge in [-0.05, 0) is 50.8 Å². The van der Waals surface area contributed by atoms with Crippen LogP contribution in [0.15, 0.2) is 36.5 Å². The van der Waals surface area contributed by atoms with E-state index in [4.69, 9.17) is 0 Å². The predicted octanol–water partition coefficient (Wildman–Crippen LogP) is 2.59. The fourth-order valence-corrected chi connectivity index (χ4v) is 1.93. The van der Waals surface area contributed by atoms with E-state index >= 15 is 0 Å². The first kappa shape index (κ1) is 16.2. The number of benzene rings is 1. The maximum Gasteiger partial charge on any atom is 0.224 e. The summed E-state index contributed by atoms with van der Waals surface area (Å²) in [4.78, 5) is 10.7. The van der Waals surface area contributed by atoms with E-state index in [0.29, 0.717) is 12.5 Å². The zero-order chi connectivity index (χ0) is 15.8. The van der Waals surface area contributed by atoms with Crippen LogP contribution in [0.3, 0.4) is 0 Å². The summed E-state index contributed by atoms with van der Waals surface area (Å²) in [6.07, 6.45) is 2.75. The van der Waals surface area contributed by atoms with Crippen molar-refractivity contribution in [1.82, 2.24) is 14.9 Å². The first-order valence-corrected chi connectivity index (χ1v) is 7.33. The molecular formula is C16H22FN5. The Morgan fingerprint density at radius 2 is 1.86 bits per heavy atom. The van der Waals surface area contributed by atoms with Crippen molar-refractivity contribution in [2.75, 3.05) is 37.8 Å². The van der Waals surface area contributed by atoms with Crippen LogP contribution in [0.4, 0.5) is 16.2 Å². The Balaban J connectivity index is 1.81. The van der Waals surface area contributed by atoms with Gasteiger partial charge in [0, 0.05) is 19.3 Å². The smallest absolute Gasteiger partial charge is 0.224 e. The van der Waals surface area contributed by atoms with E-state index in [1.54, 1.807) is 18.3 Å². The predicted molar refractivity (Wildman–Crippen MR) is 87.4 cm³/mol. The molecule has 5 nitrogen and oxygen atoms in total. The molecule has 6 heteroatoms. The van der Waals surface area contributed by atoms with Gasteiger partial charge in [-0.3, -0.25) is 0 Å². The molecule has 0 saturated heterocycles. The van der Waals surface area contributed by atoms with Crippen LogP contribution >= 0.6 is 0 Å². The van der Waals surface area contributed by atoms with Crippen LogP contribution in [0, 0.1) is 5.82 Å². The van der Waals surface area contributed by atoms with Gasteiger partial charge < -0.3 is 15.5 Å². The molecule has 0 aliphatic carbocycles. The minimum atomic E-state index is -0.227. The highest BCUT2D eigenvalue weighted by atomic mass is 19.1. The molecule has 0 unspecified atom stereocenters. The van der Waals surface area contributed by atoms with E-state index in [2.05, 4.69) is 39.6 Å². The van der Waals surface area contributed by atoms with Gasteiger partial charge in [-0.2, -0.15) is 4.98 Å². The monoisotopic (exact) mass is 303 g/mol. The standard InChI is InChI=1S/C16H22FN5/c1-22(2)11-3-9-18-16-19-10-8-15(21-16)20-12-13-4-6-14(17)7-5-13/h4-8,10H,3,9,11-12H2,1-2H3,(H2,18,19,20,21). The molecule has 0 fully saturated rings. The third-order valence-corrected chi connectivity index (χ3v) is 3.11. The summed E-state index contributed by atoms with van der Waals surface area (Å²) < 4.78 is 12.8. The number of halogens is 1. The fraction of sp³-hybridized carbons (Fsp3) is 0.375. The zero-order valence-corrected chi connectivity index (χ0v) is 13.0. The van der Waals surface area contributed by atoms with Crippen LogP contribution in [-0.2, 0) is 6.54 Å². The Kier molecular flexibility index (Phi) is 6.09. The maximum absolute atomic E-state index is 12.8. The van der Waals surface area contributed by atoms with E-state index in [0.717, 1.165) is 30.9 Å². The van der Waals surface area contributed by atoms with Crippen molar-refractivity contribution in [3.8, 4) is 0 Å². The molecule has 1 heterocycles. The summed E-state index contributed by atoms with van der Waals surface area (Å²) >= 11 is 0. The molecule has 2 aromatic rings. The Morgan fingerprint density at radius 3 is 2.59 bits per heavy atom. The van der Waals surface area contributed by atoms with E-state index in [1.807, 2.05) is 6.07 Å². The van der Waals surface area contributed by atoms with E-state index in [1.165, 1.54) is 12.1 Å². The van der Waals surface area contributed by atoms with Gasteiger partial charge in [-0.15, -0.1) is 0 Å². The number of anilines is 2. The summed E-state index contributed by atoms with van der Waals surface area (Å²) in [6, 6.07) is 8.23. The first-order valence-electron chi connectivity index (χ1n) is 7.33. The lowest BCUT2D eigenvalue weighted by atomic mass is 10.2. The minimum Gasteiger partial charge on any atom is -0.366 e. The molecule has 2 rings (SSSR count). The molecule has 0 atom stereocenters. The molecular weight excluding hydrogens is 281 g/mol. The zero-order valence-electron chi connectivity index (χ0n) is 13.0. The lowest BCUT2D eigenvalue weighted by molar-refractivity contribution is 0.405. The van der Waals surface area contributed by atoms with E-state index < -0.39 is 0 Å². The topological polar surface area (TPSA) is 53.1 Å². The summed E-state index contributed by atoms with van der Waals surface area (Å²) in [6.45, 7) is 2.45. The van der Waals surface area contributed by atoms with Gasteiger partial charge in [-0.1, -0.05) is 12.1 Å². The third-order valence-electron chi connectivity index (χ3n) is 3.11. The lowest BCUT2D eigenvalue weighted by Gasteiger charge is -2.10. The third kappa shape index (κ3) is 5.65. The summed E-state index contributed by atoms with van der Waals surface area (Å²) in [5.41, 5.74) is 1.00. The molecule has 0 bridgehead atoms. The molecule has 0 saturated carbocycles. The second kappa shape index (κ2) is 8.29. The van der Waals surface area contributed by atoms with Crippen molar-refractivity contribution in [3.05, 3.63) is 47.9 Å². The molecule has 0 radical (unpaired) electrons. The quantitative estimate of drug-likeness (QED) is 0.734. The van der Waals surface area contributed by atoms with Gasteiger partial charge in [0.05, 0.1) is 0 Å². The Hall–Kier alpha value is -2.21. The normalized spacial score (nSPS) is 10.7. The van der Waals surface area contributed by atoms with Crippen LogP contribution in [-0.4, -0.2) is 42.1 Å². The van der Waals surface area contributed by atoms with Gasteiger partial charge >= 0.3 is 0 Å². The number of rotatable bonds is 8. The maximum atomic E-state index is 12.8. The number of aromatic nitrogens is 2. The molecule has 1 aromatic carbocycles. The largest absolute Gasteiger partial charge is 0.366 e. The molecule has 0 aliphatic heterocycles. The molecule has 0 aliphatic rings. The van der Waals surface area contributed by atoms with Crippen LogP contribution < -0.4 is 10.6 Å². The number of nitrogens with zero attached hydrogens (tertiary/aromatic N) is 3. The SMILES string of the molecule is CN(C)CCCNc1nccc(NCc2ccc(F)cc2)n1. The fourth-order valence-electron chi connectivity index (χ4n) is 1.93.